The Morgan fingerprint density at radius 3 is 2.82 bits per heavy atom. The van der Waals surface area contributed by atoms with E-state index in [1.165, 1.54) is 0 Å². The number of ether oxygens (including phenoxy) is 1. The number of hydrogen-bond acceptors (Lipinski definition) is 3. The fourth-order valence-corrected chi connectivity index (χ4v) is 2.54. The molecule has 0 aliphatic heterocycles. The van der Waals surface area contributed by atoms with E-state index in [-0.39, 0.29) is 5.63 Å². The van der Waals surface area contributed by atoms with Crippen LogP contribution in [0.25, 0.3) is 33.4 Å². The molecule has 2 aromatic carbocycles. The molecule has 4 aromatic rings. The van der Waals surface area contributed by atoms with E-state index in [1.807, 2.05) is 30.3 Å². The summed E-state index contributed by atoms with van der Waals surface area (Å²) in [6, 6.07) is 14.9. The van der Waals surface area contributed by atoms with Crippen molar-refractivity contribution < 1.29 is 14.1 Å². The molecule has 2 heterocycles. The first-order valence-electron chi connectivity index (χ1n) is 6.87. The Morgan fingerprint density at radius 2 is 2.00 bits per heavy atom. The summed E-state index contributed by atoms with van der Waals surface area (Å²) in [5.74, 6) is 1.34. The van der Waals surface area contributed by atoms with E-state index in [0.29, 0.717) is 22.7 Å². The van der Waals surface area contributed by atoms with Gasteiger partial charge in [-0.25, -0.2) is 14.8 Å². The van der Waals surface area contributed by atoms with Gasteiger partial charge in [0.15, 0.2) is 11.0 Å². The van der Waals surface area contributed by atoms with Crippen molar-refractivity contribution in [1.29, 1.82) is 0 Å². The van der Waals surface area contributed by atoms with Crippen molar-refractivity contribution in [2.75, 3.05) is 7.11 Å². The fourth-order valence-electron chi connectivity index (χ4n) is 2.54. The quantitative estimate of drug-likeness (QED) is 0.578. The molecule has 0 saturated heterocycles. The lowest BCUT2D eigenvalue weighted by molar-refractivity contribution is -0.330. The average Bonchev–Trinajstić information content (AvgIpc) is 2.97. The molecule has 0 amide bonds. The van der Waals surface area contributed by atoms with Gasteiger partial charge in [0.05, 0.1) is 7.11 Å². The molecule has 0 aliphatic rings. The van der Waals surface area contributed by atoms with Crippen molar-refractivity contribution in [3.05, 3.63) is 59.0 Å². The number of para-hydroxylation sites is 2. The maximum absolute atomic E-state index is 12.2. The Hall–Kier alpha value is -3.08. The van der Waals surface area contributed by atoms with Gasteiger partial charge in [0.1, 0.15) is 16.9 Å². The smallest absolute Gasteiger partial charge is 0.351 e. The first-order valence-corrected chi connectivity index (χ1v) is 6.87. The fraction of sp³-hybridized carbons (Fsp3) is 0.0588. The molecule has 0 atom stereocenters. The van der Waals surface area contributed by atoms with Crippen LogP contribution in [-0.2, 0) is 0 Å². The van der Waals surface area contributed by atoms with Crippen LogP contribution in [0, 0.1) is 0 Å². The molecule has 5 heteroatoms. The number of methoxy groups -OCH3 is 1. The highest BCUT2D eigenvalue weighted by Gasteiger charge is 2.17. The maximum atomic E-state index is 12.2. The van der Waals surface area contributed by atoms with E-state index in [2.05, 4.69) is 9.97 Å². The van der Waals surface area contributed by atoms with E-state index in [9.17, 15) is 4.79 Å². The lowest BCUT2D eigenvalue weighted by Crippen LogP contribution is -2.11. The molecule has 0 radical (unpaired) electrons. The number of nitrogens with one attached hydrogen (secondary N) is 2. The van der Waals surface area contributed by atoms with E-state index in [1.54, 1.807) is 25.3 Å². The number of H-pyrrole nitrogens is 2. The Morgan fingerprint density at radius 1 is 1.14 bits per heavy atom. The standard InChI is InChI=1S/C17H12N2O3/c1-21-11-6-7-15-10(8-11)9-12(17(20)22-15)16-18-13-4-2-3-5-14(13)19-16/h2-9H,1H3,(H,18,19)/p+1. The number of imidazole rings is 1. The van der Waals surface area contributed by atoms with Crippen LogP contribution in [0.1, 0.15) is 0 Å². The van der Waals surface area contributed by atoms with Crippen LogP contribution in [-0.4, -0.2) is 12.1 Å². The summed E-state index contributed by atoms with van der Waals surface area (Å²) in [6.07, 6.45) is 0. The summed E-state index contributed by atoms with van der Waals surface area (Å²) in [5.41, 5.74) is 2.47. The van der Waals surface area contributed by atoms with Crippen LogP contribution < -0.4 is 15.3 Å². The molecule has 2 N–H and O–H groups in total. The number of aromatic amines is 2. The van der Waals surface area contributed by atoms with Crippen molar-refractivity contribution in [3.63, 3.8) is 0 Å². The molecule has 5 nitrogen and oxygen atoms in total. The first kappa shape index (κ1) is 12.6. The topological polar surface area (TPSA) is 69.4 Å². The predicted molar refractivity (Wildman–Crippen MR) is 82.9 cm³/mol. The lowest BCUT2D eigenvalue weighted by atomic mass is 10.1. The molecule has 4 rings (SSSR count). The second kappa shape index (κ2) is 4.73. The third kappa shape index (κ3) is 1.95. The van der Waals surface area contributed by atoms with Gasteiger partial charge in [0, 0.05) is 5.39 Å². The van der Waals surface area contributed by atoms with Gasteiger partial charge in [-0.15, -0.1) is 0 Å². The molecular weight excluding hydrogens is 280 g/mol. The SMILES string of the molecule is COc1ccc2oc(=O)c(-c3[nH]c4ccccc4[nH+]3)cc2c1. The van der Waals surface area contributed by atoms with Crippen molar-refractivity contribution in [2.24, 2.45) is 0 Å². The summed E-state index contributed by atoms with van der Waals surface area (Å²) < 4.78 is 10.6. The number of rotatable bonds is 2. The van der Waals surface area contributed by atoms with Crippen LogP contribution in [0.4, 0.5) is 0 Å². The molecule has 0 fully saturated rings. The molecule has 0 aliphatic carbocycles. The Labute approximate surface area is 125 Å². The van der Waals surface area contributed by atoms with Crippen LogP contribution in [0.3, 0.4) is 0 Å². The van der Waals surface area contributed by atoms with Gasteiger partial charge in [0.25, 0.3) is 5.82 Å². The maximum Gasteiger partial charge on any atom is 0.351 e. The lowest BCUT2D eigenvalue weighted by Gasteiger charge is -2.01. The number of benzene rings is 2. The minimum Gasteiger partial charge on any atom is -0.497 e. The second-order valence-electron chi connectivity index (χ2n) is 5.02. The van der Waals surface area contributed by atoms with Gasteiger partial charge in [-0.05, 0) is 36.4 Å². The summed E-state index contributed by atoms with van der Waals surface area (Å²) in [4.78, 5) is 18.6. The third-order valence-electron chi connectivity index (χ3n) is 3.66. The summed E-state index contributed by atoms with van der Waals surface area (Å²) in [6.45, 7) is 0. The monoisotopic (exact) mass is 293 g/mol. The molecule has 0 spiro atoms. The van der Waals surface area contributed by atoms with Gasteiger partial charge >= 0.3 is 5.63 Å². The summed E-state index contributed by atoms with van der Waals surface area (Å²) in [7, 11) is 1.60. The average molecular weight is 293 g/mol. The van der Waals surface area contributed by atoms with Crippen LogP contribution in [0.15, 0.2) is 57.7 Å². The van der Waals surface area contributed by atoms with Crippen molar-refractivity contribution >= 4 is 22.0 Å². The second-order valence-corrected chi connectivity index (χ2v) is 5.02. The van der Waals surface area contributed by atoms with E-state index in [4.69, 9.17) is 9.15 Å². The largest absolute Gasteiger partial charge is 0.497 e. The van der Waals surface area contributed by atoms with Crippen molar-refractivity contribution in [2.45, 2.75) is 0 Å². The molecule has 22 heavy (non-hydrogen) atoms. The van der Waals surface area contributed by atoms with Crippen LogP contribution in [0.5, 0.6) is 5.75 Å². The highest BCUT2D eigenvalue weighted by Crippen LogP contribution is 2.23. The zero-order chi connectivity index (χ0) is 15.1. The molecule has 2 aromatic heterocycles. The minimum atomic E-state index is -0.388. The molecule has 108 valence electrons. The van der Waals surface area contributed by atoms with Gasteiger partial charge < -0.3 is 9.15 Å². The number of hydrogen-bond donors (Lipinski definition) is 1. The number of aromatic nitrogens is 2. The number of fused-ring (bicyclic) bond motifs is 2. The Balaban J connectivity index is 1.96. The van der Waals surface area contributed by atoms with E-state index >= 15 is 0 Å². The summed E-state index contributed by atoms with van der Waals surface area (Å²) >= 11 is 0. The Kier molecular flexibility index (Phi) is 2.72. The molecule has 0 bridgehead atoms. The third-order valence-corrected chi connectivity index (χ3v) is 3.66. The zero-order valence-electron chi connectivity index (χ0n) is 11.8. The summed E-state index contributed by atoms with van der Waals surface area (Å²) in [5, 5.41) is 0.806. The van der Waals surface area contributed by atoms with Gasteiger partial charge in [-0.2, -0.15) is 0 Å². The highest BCUT2D eigenvalue weighted by molar-refractivity contribution is 5.82. The van der Waals surface area contributed by atoms with Gasteiger partial charge in [0.2, 0.25) is 0 Å². The van der Waals surface area contributed by atoms with Crippen LogP contribution in [0.2, 0.25) is 0 Å². The normalized spacial score (nSPS) is 11.1. The zero-order valence-corrected chi connectivity index (χ0v) is 11.8. The van der Waals surface area contributed by atoms with Crippen molar-refractivity contribution in [3.8, 4) is 17.1 Å². The van der Waals surface area contributed by atoms with Crippen molar-refractivity contribution in [1.82, 2.24) is 4.98 Å². The minimum absolute atomic E-state index is 0.388. The highest BCUT2D eigenvalue weighted by atomic mass is 16.5. The molecular formula is C17H13N2O3+. The van der Waals surface area contributed by atoms with Gasteiger partial charge in [-0.1, -0.05) is 12.1 Å². The molecule has 0 saturated carbocycles. The Bertz CT molecular complexity index is 1010. The van der Waals surface area contributed by atoms with Gasteiger partial charge in [-0.3, -0.25) is 0 Å². The van der Waals surface area contributed by atoms with E-state index in [0.717, 1.165) is 16.4 Å². The first-order chi connectivity index (χ1) is 10.7. The molecule has 0 unspecified atom stereocenters. The predicted octanol–water partition coefficient (Wildman–Crippen LogP) is 2.76. The van der Waals surface area contributed by atoms with Crippen LogP contribution >= 0.6 is 0 Å². The van der Waals surface area contributed by atoms with E-state index < -0.39 is 0 Å².